The van der Waals surface area contributed by atoms with E-state index in [2.05, 4.69) is 17.9 Å². The highest BCUT2D eigenvalue weighted by Gasteiger charge is 2.14. The van der Waals surface area contributed by atoms with Crippen LogP contribution < -0.4 is 0 Å². The Balaban J connectivity index is 0.000000180. The zero-order chi connectivity index (χ0) is 7.82. The molecule has 1 aliphatic carbocycles. The van der Waals surface area contributed by atoms with Gasteiger partial charge in [0.15, 0.2) is 0 Å². The van der Waals surface area contributed by atoms with Crippen molar-refractivity contribution >= 4 is 0 Å². The SMILES string of the molecule is CC#CC.N#CC1CCC1. The van der Waals surface area contributed by atoms with Crippen molar-refractivity contribution in [2.45, 2.75) is 33.1 Å². The molecule has 0 radical (unpaired) electrons. The van der Waals surface area contributed by atoms with Crippen molar-refractivity contribution in [3.63, 3.8) is 0 Å². The first-order chi connectivity index (χ1) is 4.85. The van der Waals surface area contributed by atoms with Crippen molar-refractivity contribution in [3.05, 3.63) is 0 Å². The highest BCUT2D eigenvalue weighted by molar-refractivity contribution is 4.89. The van der Waals surface area contributed by atoms with Crippen LogP contribution in [0.2, 0.25) is 0 Å². The molecule has 0 unspecified atom stereocenters. The lowest BCUT2D eigenvalue weighted by molar-refractivity contribution is 0.397. The second-order valence-corrected chi connectivity index (χ2v) is 2.26. The zero-order valence-corrected chi connectivity index (χ0v) is 6.65. The maximum absolute atomic E-state index is 8.14. The van der Waals surface area contributed by atoms with Crippen LogP contribution in [0.25, 0.3) is 0 Å². The van der Waals surface area contributed by atoms with E-state index in [1.807, 2.05) is 13.8 Å². The lowest BCUT2D eigenvalue weighted by Crippen LogP contribution is -2.06. The van der Waals surface area contributed by atoms with Gasteiger partial charge in [-0.2, -0.15) is 5.26 Å². The standard InChI is InChI=1S/C5H7N.C4H6/c6-4-5-2-1-3-5;1-3-4-2/h5H,1-3H2;1-2H3. The van der Waals surface area contributed by atoms with Gasteiger partial charge >= 0.3 is 0 Å². The molecule has 0 atom stereocenters. The van der Waals surface area contributed by atoms with E-state index in [1.165, 1.54) is 6.42 Å². The molecule has 0 heterocycles. The molecule has 1 fully saturated rings. The van der Waals surface area contributed by atoms with E-state index in [0.717, 1.165) is 12.8 Å². The van der Waals surface area contributed by atoms with Crippen molar-refractivity contribution in [1.82, 2.24) is 0 Å². The quantitative estimate of drug-likeness (QED) is 0.468. The summed E-state index contributed by atoms with van der Waals surface area (Å²) in [5.74, 6) is 5.78. The number of nitrogens with zero attached hydrogens (tertiary/aromatic N) is 1. The molecule has 1 rings (SSSR count). The maximum Gasteiger partial charge on any atom is 0.0655 e. The van der Waals surface area contributed by atoms with E-state index >= 15 is 0 Å². The van der Waals surface area contributed by atoms with Crippen LogP contribution >= 0.6 is 0 Å². The van der Waals surface area contributed by atoms with E-state index in [-0.39, 0.29) is 0 Å². The van der Waals surface area contributed by atoms with Crippen molar-refractivity contribution < 1.29 is 0 Å². The maximum atomic E-state index is 8.14. The normalized spacial score (nSPS) is 14.5. The summed E-state index contributed by atoms with van der Waals surface area (Å²) >= 11 is 0. The van der Waals surface area contributed by atoms with Crippen LogP contribution in [0.3, 0.4) is 0 Å². The molecular weight excluding hydrogens is 122 g/mol. The van der Waals surface area contributed by atoms with Gasteiger partial charge in [-0.15, -0.1) is 11.8 Å². The fourth-order valence-corrected chi connectivity index (χ4v) is 0.537. The molecule has 10 heavy (non-hydrogen) atoms. The summed E-state index contributed by atoms with van der Waals surface area (Å²) in [6.07, 6.45) is 3.57. The topological polar surface area (TPSA) is 23.8 Å². The molecule has 0 aromatic carbocycles. The average molecular weight is 135 g/mol. The molecule has 1 saturated carbocycles. The highest BCUT2D eigenvalue weighted by atomic mass is 14.3. The first kappa shape index (κ1) is 9.05. The molecule has 0 saturated heterocycles. The highest BCUT2D eigenvalue weighted by Crippen LogP contribution is 2.24. The number of rotatable bonds is 0. The number of nitriles is 1. The van der Waals surface area contributed by atoms with Crippen LogP contribution in [-0.2, 0) is 0 Å². The van der Waals surface area contributed by atoms with Crippen LogP contribution in [0.15, 0.2) is 0 Å². The molecule has 0 spiro atoms. The number of hydrogen-bond donors (Lipinski definition) is 0. The van der Waals surface area contributed by atoms with Gasteiger partial charge in [-0.05, 0) is 26.7 Å². The summed E-state index contributed by atoms with van der Waals surface area (Å²) in [7, 11) is 0. The average Bonchev–Trinajstić information content (AvgIpc) is 1.87. The van der Waals surface area contributed by atoms with Crippen LogP contribution in [0.5, 0.6) is 0 Å². The predicted octanol–water partition coefficient (Wildman–Crippen LogP) is 2.34. The Morgan fingerprint density at radius 2 is 1.70 bits per heavy atom. The van der Waals surface area contributed by atoms with Crippen LogP contribution in [0.1, 0.15) is 33.1 Å². The molecule has 54 valence electrons. The van der Waals surface area contributed by atoms with E-state index in [1.54, 1.807) is 0 Å². The smallest absolute Gasteiger partial charge is 0.0655 e. The van der Waals surface area contributed by atoms with Gasteiger partial charge in [0.2, 0.25) is 0 Å². The van der Waals surface area contributed by atoms with Crippen molar-refractivity contribution in [3.8, 4) is 17.9 Å². The molecule has 0 aromatic heterocycles. The Labute approximate surface area is 63.1 Å². The Morgan fingerprint density at radius 3 is 1.70 bits per heavy atom. The second-order valence-electron chi connectivity index (χ2n) is 2.26. The van der Waals surface area contributed by atoms with Crippen molar-refractivity contribution in [1.29, 1.82) is 5.26 Å². The van der Waals surface area contributed by atoms with Gasteiger partial charge in [-0.3, -0.25) is 0 Å². The molecule has 0 amide bonds. The zero-order valence-electron chi connectivity index (χ0n) is 6.65. The minimum atomic E-state index is 0.421. The monoisotopic (exact) mass is 135 g/mol. The van der Waals surface area contributed by atoms with Crippen molar-refractivity contribution in [2.75, 3.05) is 0 Å². The van der Waals surface area contributed by atoms with Gasteiger partial charge < -0.3 is 0 Å². The Morgan fingerprint density at radius 1 is 1.20 bits per heavy atom. The number of hydrogen-bond acceptors (Lipinski definition) is 1. The fourth-order valence-electron chi connectivity index (χ4n) is 0.537. The minimum absolute atomic E-state index is 0.421. The molecule has 0 N–H and O–H groups in total. The van der Waals surface area contributed by atoms with E-state index in [0.29, 0.717) is 5.92 Å². The summed E-state index contributed by atoms with van der Waals surface area (Å²) in [4.78, 5) is 0. The van der Waals surface area contributed by atoms with E-state index in [9.17, 15) is 0 Å². The first-order valence-electron chi connectivity index (χ1n) is 3.58. The van der Waals surface area contributed by atoms with Gasteiger partial charge in [-0.1, -0.05) is 6.42 Å². The third kappa shape index (κ3) is 3.98. The van der Waals surface area contributed by atoms with Gasteiger partial charge in [0, 0.05) is 5.92 Å². The minimum Gasteiger partial charge on any atom is -0.198 e. The van der Waals surface area contributed by atoms with Crippen molar-refractivity contribution in [2.24, 2.45) is 5.92 Å². The summed E-state index contributed by atoms with van der Waals surface area (Å²) in [5, 5.41) is 8.14. The third-order valence-corrected chi connectivity index (χ3v) is 1.54. The molecule has 1 aliphatic rings. The molecule has 0 aliphatic heterocycles. The second kappa shape index (κ2) is 6.17. The predicted molar refractivity (Wildman–Crippen MR) is 42.1 cm³/mol. The van der Waals surface area contributed by atoms with E-state index in [4.69, 9.17) is 5.26 Å². The summed E-state index contributed by atoms with van der Waals surface area (Å²) < 4.78 is 0. The first-order valence-corrected chi connectivity index (χ1v) is 3.58. The fraction of sp³-hybridized carbons (Fsp3) is 0.667. The Kier molecular flexibility index (Phi) is 5.59. The molecule has 1 nitrogen and oxygen atoms in total. The Bertz CT molecular complexity index is 155. The van der Waals surface area contributed by atoms with Gasteiger partial charge in [-0.25, -0.2) is 0 Å². The lowest BCUT2D eigenvalue weighted by atomic mass is 9.87. The van der Waals surface area contributed by atoms with Gasteiger partial charge in [0.25, 0.3) is 0 Å². The molecule has 0 aromatic rings. The third-order valence-electron chi connectivity index (χ3n) is 1.54. The Hall–Kier alpha value is -0.950. The lowest BCUT2D eigenvalue weighted by Gasteiger charge is -2.15. The van der Waals surface area contributed by atoms with Crippen LogP contribution in [0, 0.1) is 29.1 Å². The molecular formula is C9H13N. The van der Waals surface area contributed by atoms with Crippen LogP contribution in [-0.4, -0.2) is 0 Å². The summed E-state index contributed by atoms with van der Waals surface area (Å²) in [6, 6.07) is 2.20. The van der Waals surface area contributed by atoms with Gasteiger partial charge in [0.05, 0.1) is 6.07 Å². The summed E-state index contributed by atoms with van der Waals surface area (Å²) in [6.45, 7) is 3.64. The molecule has 1 heteroatoms. The van der Waals surface area contributed by atoms with E-state index < -0.39 is 0 Å². The largest absolute Gasteiger partial charge is 0.198 e. The summed E-state index contributed by atoms with van der Waals surface area (Å²) in [5.41, 5.74) is 0. The van der Waals surface area contributed by atoms with Gasteiger partial charge in [0.1, 0.15) is 0 Å². The molecule has 0 bridgehead atoms. The van der Waals surface area contributed by atoms with Crippen LogP contribution in [0.4, 0.5) is 0 Å².